The van der Waals surface area contributed by atoms with Gasteiger partial charge in [0.25, 0.3) is 5.91 Å². The van der Waals surface area contributed by atoms with Crippen molar-refractivity contribution in [1.82, 2.24) is 10.3 Å². The van der Waals surface area contributed by atoms with Gasteiger partial charge in [0, 0.05) is 12.7 Å². The molecule has 0 fully saturated rings. The molecule has 4 nitrogen and oxygen atoms in total. The SMILES string of the molecule is COc1ccc(CNC(=O)c2cnc(Cl)cc2C(F)(F)F)cc1. The predicted octanol–water partition coefficient (Wildman–Crippen LogP) is 3.69. The lowest BCUT2D eigenvalue weighted by molar-refractivity contribution is -0.138. The largest absolute Gasteiger partial charge is 0.497 e. The smallest absolute Gasteiger partial charge is 0.417 e. The van der Waals surface area contributed by atoms with E-state index in [0.717, 1.165) is 11.8 Å². The van der Waals surface area contributed by atoms with Crippen LogP contribution in [0.4, 0.5) is 13.2 Å². The number of halogens is 4. The summed E-state index contributed by atoms with van der Waals surface area (Å²) in [5, 5.41) is 2.09. The number of ether oxygens (including phenoxy) is 1. The second-order valence-corrected chi connectivity index (χ2v) is 4.97. The molecule has 122 valence electrons. The second-order valence-electron chi connectivity index (χ2n) is 4.58. The minimum atomic E-state index is -4.70. The van der Waals surface area contributed by atoms with E-state index in [0.29, 0.717) is 11.8 Å². The first-order valence-electron chi connectivity index (χ1n) is 6.45. The van der Waals surface area contributed by atoms with E-state index in [9.17, 15) is 18.0 Å². The summed E-state index contributed by atoms with van der Waals surface area (Å²) >= 11 is 5.47. The molecule has 23 heavy (non-hydrogen) atoms. The minimum Gasteiger partial charge on any atom is -0.497 e. The third-order valence-electron chi connectivity index (χ3n) is 3.03. The van der Waals surface area contributed by atoms with Crippen LogP contribution in [-0.2, 0) is 12.7 Å². The van der Waals surface area contributed by atoms with Gasteiger partial charge >= 0.3 is 6.18 Å². The molecular formula is C15H12ClF3N2O2. The number of nitrogens with one attached hydrogen (secondary N) is 1. The number of methoxy groups -OCH3 is 1. The summed E-state index contributed by atoms with van der Waals surface area (Å²) in [6, 6.07) is 7.40. The molecule has 1 heterocycles. The van der Waals surface area contributed by atoms with Crippen LogP contribution in [-0.4, -0.2) is 18.0 Å². The van der Waals surface area contributed by atoms with Crippen molar-refractivity contribution >= 4 is 17.5 Å². The lowest BCUT2D eigenvalue weighted by Crippen LogP contribution is -2.26. The topological polar surface area (TPSA) is 51.2 Å². The highest BCUT2D eigenvalue weighted by atomic mass is 35.5. The molecule has 0 spiro atoms. The number of hydrogen-bond acceptors (Lipinski definition) is 3. The summed E-state index contributed by atoms with van der Waals surface area (Å²) in [7, 11) is 1.52. The Morgan fingerprint density at radius 2 is 1.96 bits per heavy atom. The molecule has 0 atom stereocenters. The molecule has 0 radical (unpaired) electrons. The molecule has 0 saturated heterocycles. The lowest BCUT2D eigenvalue weighted by Gasteiger charge is -2.13. The standard InChI is InChI=1S/C15H12ClF3N2O2/c1-23-10-4-2-9(3-5-10)7-21-14(22)11-8-20-13(16)6-12(11)15(17,18)19/h2-6,8H,7H2,1H3,(H,21,22). The van der Waals surface area contributed by atoms with E-state index in [2.05, 4.69) is 10.3 Å². The maximum absolute atomic E-state index is 13.0. The molecule has 0 aliphatic heterocycles. The van der Waals surface area contributed by atoms with Crippen LogP contribution in [0.2, 0.25) is 5.15 Å². The van der Waals surface area contributed by atoms with Crippen molar-refractivity contribution in [2.75, 3.05) is 7.11 Å². The Kier molecular flexibility index (Phi) is 5.10. The number of pyridine rings is 1. The van der Waals surface area contributed by atoms with Gasteiger partial charge in [0.15, 0.2) is 0 Å². The van der Waals surface area contributed by atoms with Crippen molar-refractivity contribution in [3.63, 3.8) is 0 Å². The second kappa shape index (κ2) is 6.87. The van der Waals surface area contributed by atoms with E-state index in [1.807, 2.05) is 0 Å². The van der Waals surface area contributed by atoms with Gasteiger partial charge in [0.05, 0.1) is 18.2 Å². The van der Waals surface area contributed by atoms with Gasteiger partial charge in [-0.05, 0) is 23.8 Å². The van der Waals surface area contributed by atoms with Crippen LogP contribution < -0.4 is 10.1 Å². The zero-order valence-electron chi connectivity index (χ0n) is 11.9. The number of hydrogen-bond donors (Lipinski definition) is 1. The van der Waals surface area contributed by atoms with E-state index >= 15 is 0 Å². The average molecular weight is 345 g/mol. The number of carbonyl (C=O) groups is 1. The molecule has 1 aromatic heterocycles. The number of amides is 1. The molecule has 2 rings (SSSR count). The number of aromatic nitrogens is 1. The Bertz CT molecular complexity index is 703. The van der Waals surface area contributed by atoms with Gasteiger partial charge in [-0.3, -0.25) is 4.79 Å². The van der Waals surface area contributed by atoms with E-state index < -0.39 is 23.2 Å². The van der Waals surface area contributed by atoms with Crippen molar-refractivity contribution in [2.45, 2.75) is 12.7 Å². The summed E-state index contributed by atoms with van der Waals surface area (Å²) in [6.07, 6.45) is -3.88. The highest BCUT2D eigenvalue weighted by Gasteiger charge is 2.35. The fraction of sp³-hybridized carbons (Fsp3) is 0.200. The third-order valence-corrected chi connectivity index (χ3v) is 3.24. The molecule has 1 amide bonds. The van der Waals surface area contributed by atoms with Crippen LogP contribution in [0.1, 0.15) is 21.5 Å². The summed E-state index contributed by atoms with van der Waals surface area (Å²) in [5.41, 5.74) is -0.977. The average Bonchev–Trinajstić information content (AvgIpc) is 2.52. The highest BCUT2D eigenvalue weighted by Crippen LogP contribution is 2.33. The van der Waals surface area contributed by atoms with Gasteiger partial charge in [0.2, 0.25) is 0 Å². The Morgan fingerprint density at radius 3 is 2.52 bits per heavy atom. The van der Waals surface area contributed by atoms with Crippen molar-refractivity contribution in [1.29, 1.82) is 0 Å². The predicted molar refractivity (Wildman–Crippen MR) is 78.4 cm³/mol. The van der Waals surface area contributed by atoms with Crippen molar-refractivity contribution in [2.24, 2.45) is 0 Å². The monoisotopic (exact) mass is 344 g/mol. The summed E-state index contributed by atoms with van der Waals surface area (Å²) in [6.45, 7) is 0.0722. The van der Waals surface area contributed by atoms with Crippen molar-refractivity contribution in [3.05, 3.63) is 58.4 Å². The summed E-state index contributed by atoms with van der Waals surface area (Å²) < 4.78 is 43.9. The Hall–Kier alpha value is -2.28. The maximum Gasteiger partial charge on any atom is 0.417 e. The quantitative estimate of drug-likeness (QED) is 0.861. The fourth-order valence-electron chi connectivity index (χ4n) is 1.87. The number of rotatable bonds is 4. The van der Waals surface area contributed by atoms with Crippen molar-refractivity contribution in [3.8, 4) is 5.75 Å². The first kappa shape index (κ1) is 17.1. The van der Waals surface area contributed by atoms with E-state index in [1.165, 1.54) is 7.11 Å². The Morgan fingerprint density at radius 1 is 1.30 bits per heavy atom. The number of benzene rings is 1. The van der Waals surface area contributed by atoms with Crippen LogP contribution in [0.25, 0.3) is 0 Å². The number of nitrogens with zero attached hydrogens (tertiary/aromatic N) is 1. The number of carbonyl (C=O) groups excluding carboxylic acids is 1. The maximum atomic E-state index is 13.0. The molecule has 0 aliphatic rings. The Labute approximate surface area is 135 Å². The van der Waals surface area contributed by atoms with Crippen LogP contribution in [0.15, 0.2) is 36.5 Å². The van der Waals surface area contributed by atoms with Gasteiger partial charge in [-0.2, -0.15) is 13.2 Å². The zero-order valence-corrected chi connectivity index (χ0v) is 12.7. The van der Waals surface area contributed by atoms with Crippen LogP contribution in [0.5, 0.6) is 5.75 Å². The molecule has 0 unspecified atom stereocenters. The third kappa shape index (κ3) is 4.35. The molecule has 1 N–H and O–H groups in total. The van der Waals surface area contributed by atoms with Crippen LogP contribution in [0, 0.1) is 0 Å². The molecule has 0 aliphatic carbocycles. The van der Waals surface area contributed by atoms with E-state index in [-0.39, 0.29) is 11.7 Å². The molecule has 1 aromatic carbocycles. The summed E-state index contributed by atoms with van der Waals surface area (Å²) in [5.74, 6) is -0.237. The lowest BCUT2D eigenvalue weighted by atomic mass is 10.1. The van der Waals surface area contributed by atoms with Gasteiger partial charge in [0.1, 0.15) is 10.9 Å². The molecule has 8 heteroatoms. The van der Waals surface area contributed by atoms with Crippen LogP contribution in [0.3, 0.4) is 0 Å². The van der Waals surface area contributed by atoms with Gasteiger partial charge in [-0.25, -0.2) is 4.98 Å². The number of alkyl halides is 3. The van der Waals surface area contributed by atoms with Gasteiger partial charge in [-0.15, -0.1) is 0 Å². The molecule has 0 bridgehead atoms. The molecular weight excluding hydrogens is 333 g/mol. The van der Waals surface area contributed by atoms with Gasteiger partial charge in [-0.1, -0.05) is 23.7 Å². The normalized spacial score (nSPS) is 11.2. The van der Waals surface area contributed by atoms with E-state index in [4.69, 9.17) is 16.3 Å². The van der Waals surface area contributed by atoms with E-state index in [1.54, 1.807) is 24.3 Å². The summed E-state index contributed by atoms with van der Waals surface area (Å²) in [4.78, 5) is 15.5. The zero-order chi connectivity index (χ0) is 17.0. The molecule has 2 aromatic rings. The first-order chi connectivity index (χ1) is 10.8. The van der Waals surface area contributed by atoms with Crippen LogP contribution >= 0.6 is 11.6 Å². The van der Waals surface area contributed by atoms with Gasteiger partial charge < -0.3 is 10.1 Å². The highest BCUT2D eigenvalue weighted by molar-refractivity contribution is 6.29. The van der Waals surface area contributed by atoms with Crippen molar-refractivity contribution < 1.29 is 22.7 Å². The fourth-order valence-corrected chi connectivity index (χ4v) is 2.02. The minimum absolute atomic E-state index is 0.0722. The Balaban J connectivity index is 2.14. The first-order valence-corrected chi connectivity index (χ1v) is 6.83. The molecule has 0 saturated carbocycles.